The second kappa shape index (κ2) is 8.91. The maximum atomic E-state index is 12.4. The number of hydrogen-bond acceptors (Lipinski definition) is 4. The SMILES string of the molecule is C=C(CCNC(=O)c1cc(Cl)ccc1NS(=O)(=O)CCC#N)C(F)(F)F. The van der Waals surface area contributed by atoms with Crippen LogP contribution in [0.15, 0.2) is 30.4 Å². The Morgan fingerprint density at radius 3 is 2.58 bits per heavy atom. The summed E-state index contributed by atoms with van der Waals surface area (Å²) in [5.74, 6) is -1.28. The van der Waals surface area contributed by atoms with Gasteiger partial charge in [0.1, 0.15) is 0 Å². The fourth-order valence-electron chi connectivity index (χ4n) is 1.76. The van der Waals surface area contributed by atoms with Crippen LogP contribution in [0.2, 0.25) is 5.02 Å². The van der Waals surface area contributed by atoms with Crippen molar-refractivity contribution in [2.45, 2.75) is 19.0 Å². The number of nitrogens with one attached hydrogen (secondary N) is 2. The molecule has 0 aliphatic carbocycles. The first-order valence-corrected chi connectivity index (χ1v) is 9.19. The number of rotatable bonds is 8. The van der Waals surface area contributed by atoms with E-state index < -0.39 is 39.9 Å². The van der Waals surface area contributed by atoms with E-state index in [1.807, 2.05) is 0 Å². The summed E-state index contributed by atoms with van der Waals surface area (Å²) in [4.78, 5) is 12.2. The molecule has 11 heteroatoms. The highest BCUT2D eigenvalue weighted by Crippen LogP contribution is 2.26. The van der Waals surface area contributed by atoms with Crippen molar-refractivity contribution in [2.75, 3.05) is 17.0 Å². The van der Waals surface area contributed by atoms with Gasteiger partial charge in [0.15, 0.2) is 0 Å². The van der Waals surface area contributed by atoms with Gasteiger partial charge >= 0.3 is 6.18 Å². The van der Waals surface area contributed by atoms with Crippen LogP contribution >= 0.6 is 11.6 Å². The van der Waals surface area contributed by atoms with Gasteiger partial charge in [0.05, 0.1) is 29.5 Å². The quantitative estimate of drug-likeness (QED) is 0.644. The number of carbonyl (C=O) groups is 1. The van der Waals surface area contributed by atoms with Gasteiger partial charge in [0.2, 0.25) is 10.0 Å². The van der Waals surface area contributed by atoms with E-state index in [9.17, 15) is 26.4 Å². The van der Waals surface area contributed by atoms with Crippen LogP contribution in [-0.2, 0) is 10.0 Å². The normalized spacial score (nSPS) is 11.5. The van der Waals surface area contributed by atoms with Crippen molar-refractivity contribution in [1.29, 1.82) is 5.26 Å². The van der Waals surface area contributed by atoms with Crippen LogP contribution in [0.25, 0.3) is 0 Å². The number of alkyl halides is 3. The molecular weight excluding hydrogens is 395 g/mol. The van der Waals surface area contributed by atoms with Crippen molar-refractivity contribution >= 4 is 33.2 Å². The van der Waals surface area contributed by atoms with Gasteiger partial charge in [0.25, 0.3) is 5.91 Å². The van der Waals surface area contributed by atoms with E-state index in [2.05, 4.69) is 16.6 Å². The van der Waals surface area contributed by atoms with Crippen molar-refractivity contribution in [3.05, 3.63) is 40.9 Å². The lowest BCUT2D eigenvalue weighted by atomic mass is 10.1. The van der Waals surface area contributed by atoms with Crippen LogP contribution in [0.4, 0.5) is 18.9 Å². The molecule has 0 saturated carbocycles. The fourth-order valence-corrected chi connectivity index (χ4v) is 2.90. The van der Waals surface area contributed by atoms with Gasteiger partial charge in [-0.05, 0) is 24.6 Å². The smallest absolute Gasteiger partial charge is 0.352 e. The number of carbonyl (C=O) groups excluding carboxylic acids is 1. The van der Waals surface area contributed by atoms with Crippen LogP contribution in [-0.4, -0.2) is 32.8 Å². The van der Waals surface area contributed by atoms with Crippen LogP contribution in [0, 0.1) is 11.3 Å². The summed E-state index contributed by atoms with van der Waals surface area (Å²) in [6, 6.07) is 5.45. The zero-order chi connectivity index (χ0) is 20.0. The van der Waals surface area contributed by atoms with Gasteiger partial charge in [-0.15, -0.1) is 0 Å². The molecule has 0 unspecified atom stereocenters. The maximum Gasteiger partial charge on any atom is 0.412 e. The maximum absolute atomic E-state index is 12.4. The predicted octanol–water partition coefficient (Wildman–Crippen LogP) is 3.23. The second-order valence-electron chi connectivity index (χ2n) is 5.13. The number of benzene rings is 1. The molecule has 0 atom stereocenters. The highest BCUT2D eigenvalue weighted by atomic mass is 35.5. The Labute approximate surface area is 153 Å². The lowest BCUT2D eigenvalue weighted by Crippen LogP contribution is -2.28. The third-order valence-corrected chi connectivity index (χ3v) is 4.60. The molecule has 0 fully saturated rings. The van der Waals surface area contributed by atoms with Crippen LogP contribution in [0.5, 0.6) is 0 Å². The van der Waals surface area contributed by atoms with E-state index in [0.717, 1.165) is 0 Å². The molecule has 0 saturated heterocycles. The summed E-state index contributed by atoms with van der Waals surface area (Å²) >= 11 is 5.80. The Balaban J connectivity index is 2.88. The Bertz CT molecular complexity index is 833. The van der Waals surface area contributed by atoms with E-state index in [0.29, 0.717) is 0 Å². The molecule has 0 heterocycles. The summed E-state index contributed by atoms with van der Waals surface area (Å²) in [6.07, 6.45) is -5.31. The van der Waals surface area contributed by atoms with Gasteiger partial charge in [-0.3, -0.25) is 9.52 Å². The second-order valence-corrected chi connectivity index (χ2v) is 7.40. The lowest BCUT2D eigenvalue weighted by molar-refractivity contribution is -0.0934. The first kappa shape index (κ1) is 21.8. The molecule has 1 aromatic carbocycles. The summed E-state index contributed by atoms with van der Waals surface area (Å²) in [6.45, 7) is 2.55. The molecule has 26 heavy (non-hydrogen) atoms. The first-order valence-electron chi connectivity index (χ1n) is 7.16. The molecule has 1 amide bonds. The predicted molar refractivity (Wildman–Crippen MR) is 91.2 cm³/mol. The monoisotopic (exact) mass is 409 g/mol. The molecule has 0 spiro atoms. The van der Waals surface area contributed by atoms with Crippen molar-refractivity contribution in [2.24, 2.45) is 0 Å². The average molecular weight is 410 g/mol. The van der Waals surface area contributed by atoms with E-state index in [1.54, 1.807) is 6.07 Å². The van der Waals surface area contributed by atoms with E-state index >= 15 is 0 Å². The van der Waals surface area contributed by atoms with Gasteiger partial charge in [-0.1, -0.05) is 18.2 Å². The summed E-state index contributed by atoms with van der Waals surface area (Å²) in [5.41, 5.74) is -1.25. The molecular formula is C15H15ClF3N3O3S. The summed E-state index contributed by atoms with van der Waals surface area (Å²) in [5, 5.41) is 10.9. The van der Waals surface area contributed by atoms with E-state index in [4.69, 9.17) is 16.9 Å². The molecule has 0 aliphatic heterocycles. The Morgan fingerprint density at radius 1 is 1.35 bits per heavy atom. The minimum absolute atomic E-state index is 0.0977. The number of nitrogens with zero attached hydrogens (tertiary/aromatic N) is 1. The molecule has 6 nitrogen and oxygen atoms in total. The molecule has 0 bridgehead atoms. The third kappa shape index (κ3) is 6.93. The van der Waals surface area contributed by atoms with Gasteiger partial charge < -0.3 is 5.32 Å². The van der Waals surface area contributed by atoms with E-state index in [-0.39, 0.29) is 29.2 Å². The lowest BCUT2D eigenvalue weighted by Gasteiger charge is -2.14. The number of hydrogen-bond donors (Lipinski definition) is 2. The molecule has 0 aliphatic rings. The van der Waals surface area contributed by atoms with Crippen LogP contribution in [0.3, 0.4) is 0 Å². The highest BCUT2D eigenvalue weighted by Gasteiger charge is 2.31. The standard InChI is InChI=1S/C15H15ClF3N3O3S/c1-10(15(17,18)19)5-7-21-14(23)12-9-11(16)3-4-13(12)22-26(24,25)8-2-6-20/h3-4,9,22H,1-2,5,7-8H2,(H,21,23). The molecule has 0 aromatic heterocycles. The molecule has 142 valence electrons. The number of sulfonamides is 1. The van der Waals surface area contributed by atoms with Crippen LogP contribution < -0.4 is 10.0 Å². The summed E-state index contributed by atoms with van der Waals surface area (Å²) in [7, 11) is -3.88. The number of amides is 1. The zero-order valence-electron chi connectivity index (χ0n) is 13.4. The number of halogens is 4. The largest absolute Gasteiger partial charge is 0.412 e. The molecule has 2 N–H and O–H groups in total. The Hall–Kier alpha value is -2.25. The highest BCUT2D eigenvalue weighted by molar-refractivity contribution is 7.92. The van der Waals surface area contributed by atoms with Crippen molar-refractivity contribution in [3.63, 3.8) is 0 Å². The fraction of sp³-hybridized carbons (Fsp3) is 0.333. The topological polar surface area (TPSA) is 99.1 Å². The Morgan fingerprint density at radius 2 is 2.00 bits per heavy atom. The Kier molecular flexibility index (Phi) is 7.47. The van der Waals surface area contributed by atoms with Crippen LogP contribution in [0.1, 0.15) is 23.2 Å². The van der Waals surface area contributed by atoms with Crippen molar-refractivity contribution < 1.29 is 26.4 Å². The number of nitriles is 1. The average Bonchev–Trinajstić information content (AvgIpc) is 2.53. The van der Waals surface area contributed by atoms with Crippen molar-refractivity contribution in [3.8, 4) is 6.07 Å². The van der Waals surface area contributed by atoms with Gasteiger partial charge in [-0.25, -0.2) is 8.42 Å². The first-order chi connectivity index (χ1) is 12.0. The molecule has 1 rings (SSSR count). The molecule has 0 radical (unpaired) electrons. The zero-order valence-corrected chi connectivity index (χ0v) is 14.9. The molecule has 1 aromatic rings. The number of anilines is 1. The minimum Gasteiger partial charge on any atom is -0.352 e. The third-order valence-electron chi connectivity index (χ3n) is 3.09. The van der Waals surface area contributed by atoms with E-state index in [1.165, 1.54) is 18.2 Å². The summed E-state index contributed by atoms with van der Waals surface area (Å²) < 4.78 is 63.0. The minimum atomic E-state index is -4.55. The van der Waals surface area contributed by atoms with Gasteiger partial charge in [0, 0.05) is 17.1 Å². The van der Waals surface area contributed by atoms with Crippen molar-refractivity contribution in [1.82, 2.24) is 5.32 Å². The van der Waals surface area contributed by atoms with Gasteiger partial charge in [-0.2, -0.15) is 18.4 Å².